The third-order valence-corrected chi connectivity index (χ3v) is 4.94. The summed E-state index contributed by atoms with van der Waals surface area (Å²) in [5, 5.41) is 12.1. The molecule has 0 aliphatic carbocycles. The quantitative estimate of drug-likeness (QED) is 0.534. The second-order valence-corrected chi connectivity index (χ2v) is 7.34. The van der Waals surface area contributed by atoms with E-state index in [-0.39, 0.29) is 37.6 Å². The van der Waals surface area contributed by atoms with Gasteiger partial charge in [0.25, 0.3) is 5.56 Å². The number of aromatic nitrogens is 2. The molecule has 1 heterocycles. The van der Waals surface area contributed by atoms with Gasteiger partial charge in [-0.05, 0) is 55.8 Å². The number of ether oxygens (including phenoxy) is 2. The molecule has 1 aromatic heterocycles. The molecule has 2 N–H and O–H groups in total. The van der Waals surface area contributed by atoms with Crippen LogP contribution in [0.1, 0.15) is 22.6 Å². The molecule has 0 atom stereocenters. The van der Waals surface area contributed by atoms with Crippen LogP contribution in [0, 0.1) is 13.8 Å². The van der Waals surface area contributed by atoms with Gasteiger partial charge in [0, 0.05) is 30.0 Å². The van der Waals surface area contributed by atoms with Crippen LogP contribution in [0.25, 0.3) is 0 Å². The Morgan fingerprint density at radius 1 is 1.12 bits per heavy atom. The maximum atomic E-state index is 13.1. The van der Waals surface area contributed by atoms with Crippen LogP contribution in [0.2, 0.25) is 0 Å². The van der Waals surface area contributed by atoms with Gasteiger partial charge in [-0.3, -0.25) is 14.2 Å². The van der Waals surface area contributed by atoms with Crippen LogP contribution in [-0.4, -0.2) is 34.3 Å². The number of aliphatic hydroxyl groups is 1. The van der Waals surface area contributed by atoms with Crippen molar-refractivity contribution < 1.29 is 19.4 Å². The Bertz CT molecular complexity index is 1140. The molecule has 0 saturated heterocycles. The van der Waals surface area contributed by atoms with E-state index in [0.717, 1.165) is 5.56 Å². The summed E-state index contributed by atoms with van der Waals surface area (Å²) < 4.78 is 12.2. The zero-order valence-corrected chi connectivity index (χ0v) is 18.4. The predicted molar refractivity (Wildman–Crippen MR) is 121 cm³/mol. The highest BCUT2D eigenvalue weighted by Gasteiger charge is 2.17. The Kier molecular flexibility index (Phi) is 7.62. The van der Waals surface area contributed by atoms with E-state index in [1.807, 2.05) is 25.1 Å². The molecule has 0 saturated carbocycles. The standard InChI is InChI=1S/C24H27N3O5/c1-16-5-4-6-18(13-16)26-23(29)14-27-22(25-17(2)21(11-12-28)24(27)30)15-32-20-9-7-19(31-3)8-10-20/h4-10,13,28H,11-12,14-15H2,1-3H3,(H,26,29). The zero-order chi connectivity index (χ0) is 23.1. The van der Waals surface area contributed by atoms with Crippen molar-refractivity contribution >= 4 is 11.6 Å². The minimum atomic E-state index is -0.362. The lowest BCUT2D eigenvalue weighted by Crippen LogP contribution is -2.34. The summed E-state index contributed by atoms with van der Waals surface area (Å²) in [5.41, 5.74) is 2.18. The van der Waals surface area contributed by atoms with Crippen LogP contribution in [0.3, 0.4) is 0 Å². The summed E-state index contributed by atoms with van der Waals surface area (Å²) >= 11 is 0. The van der Waals surface area contributed by atoms with Gasteiger partial charge in [-0.2, -0.15) is 0 Å². The van der Waals surface area contributed by atoms with Crippen LogP contribution in [-0.2, 0) is 24.4 Å². The van der Waals surface area contributed by atoms with Crippen LogP contribution in [0.4, 0.5) is 5.69 Å². The topological polar surface area (TPSA) is 103 Å². The number of hydrogen-bond donors (Lipinski definition) is 2. The van der Waals surface area contributed by atoms with Crippen molar-refractivity contribution in [1.82, 2.24) is 9.55 Å². The van der Waals surface area contributed by atoms with Gasteiger partial charge < -0.3 is 19.9 Å². The van der Waals surface area contributed by atoms with Crippen LogP contribution in [0.15, 0.2) is 53.3 Å². The van der Waals surface area contributed by atoms with Crippen molar-refractivity contribution in [3.63, 3.8) is 0 Å². The van der Waals surface area contributed by atoms with Gasteiger partial charge in [0.05, 0.1) is 7.11 Å². The SMILES string of the molecule is COc1ccc(OCc2nc(C)c(CCO)c(=O)n2CC(=O)Nc2cccc(C)c2)cc1. The second kappa shape index (κ2) is 10.6. The fourth-order valence-electron chi connectivity index (χ4n) is 3.32. The first kappa shape index (κ1) is 23.0. The number of carbonyl (C=O) groups is 1. The number of nitrogens with zero attached hydrogens (tertiary/aromatic N) is 2. The van der Waals surface area contributed by atoms with Gasteiger partial charge >= 0.3 is 0 Å². The third kappa shape index (κ3) is 5.73. The van der Waals surface area contributed by atoms with Gasteiger partial charge in [-0.1, -0.05) is 12.1 Å². The van der Waals surface area contributed by atoms with E-state index >= 15 is 0 Å². The van der Waals surface area contributed by atoms with Crippen molar-refractivity contribution in [2.45, 2.75) is 33.4 Å². The minimum absolute atomic E-state index is 0.000457. The number of aliphatic hydroxyl groups excluding tert-OH is 1. The lowest BCUT2D eigenvalue weighted by molar-refractivity contribution is -0.116. The Labute approximate surface area is 186 Å². The lowest BCUT2D eigenvalue weighted by Gasteiger charge is -2.16. The first-order chi connectivity index (χ1) is 15.4. The molecule has 0 bridgehead atoms. The number of nitrogens with one attached hydrogen (secondary N) is 1. The molecule has 0 unspecified atom stereocenters. The molecule has 3 rings (SSSR count). The van der Waals surface area contributed by atoms with Gasteiger partial charge in [-0.15, -0.1) is 0 Å². The van der Waals surface area contributed by atoms with E-state index in [1.54, 1.807) is 44.4 Å². The Balaban J connectivity index is 1.86. The Morgan fingerprint density at radius 3 is 2.50 bits per heavy atom. The van der Waals surface area contributed by atoms with Crippen molar-refractivity contribution in [1.29, 1.82) is 0 Å². The van der Waals surface area contributed by atoms with E-state index in [1.165, 1.54) is 4.57 Å². The van der Waals surface area contributed by atoms with Crippen LogP contribution < -0.4 is 20.3 Å². The van der Waals surface area contributed by atoms with Crippen molar-refractivity contribution in [3.05, 3.63) is 81.5 Å². The fourth-order valence-corrected chi connectivity index (χ4v) is 3.32. The molecule has 1 amide bonds. The van der Waals surface area contributed by atoms with E-state index in [9.17, 15) is 14.7 Å². The van der Waals surface area contributed by atoms with Crippen molar-refractivity contribution in [2.75, 3.05) is 19.0 Å². The molecule has 8 heteroatoms. The summed E-state index contributed by atoms with van der Waals surface area (Å²) in [7, 11) is 1.58. The summed E-state index contributed by atoms with van der Waals surface area (Å²) in [6.07, 6.45) is 0.163. The molecule has 168 valence electrons. The normalized spacial score (nSPS) is 10.6. The molecule has 0 spiro atoms. The number of amides is 1. The van der Waals surface area contributed by atoms with Crippen molar-refractivity contribution in [2.24, 2.45) is 0 Å². The maximum Gasteiger partial charge on any atom is 0.257 e. The zero-order valence-electron chi connectivity index (χ0n) is 18.4. The first-order valence-electron chi connectivity index (χ1n) is 10.2. The summed E-state index contributed by atoms with van der Waals surface area (Å²) in [4.78, 5) is 30.3. The molecule has 0 aliphatic heterocycles. The number of hydrogen-bond acceptors (Lipinski definition) is 6. The number of anilines is 1. The number of aryl methyl sites for hydroxylation is 2. The largest absolute Gasteiger partial charge is 0.497 e. The molecule has 8 nitrogen and oxygen atoms in total. The lowest BCUT2D eigenvalue weighted by atomic mass is 10.1. The molecule has 3 aromatic rings. The fraction of sp³-hybridized carbons (Fsp3) is 0.292. The summed E-state index contributed by atoms with van der Waals surface area (Å²) in [6, 6.07) is 14.4. The van der Waals surface area contributed by atoms with Gasteiger partial charge in [0.15, 0.2) is 0 Å². The van der Waals surface area contributed by atoms with Gasteiger partial charge in [-0.25, -0.2) is 4.98 Å². The van der Waals surface area contributed by atoms with Crippen LogP contribution >= 0.6 is 0 Å². The van der Waals surface area contributed by atoms with E-state index in [4.69, 9.17) is 9.47 Å². The monoisotopic (exact) mass is 437 g/mol. The molecule has 2 aromatic carbocycles. The van der Waals surface area contributed by atoms with Gasteiger partial charge in [0.2, 0.25) is 5.91 Å². The first-order valence-corrected chi connectivity index (χ1v) is 10.2. The second-order valence-electron chi connectivity index (χ2n) is 7.34. The third-order valence-electron chi connectivity index (χ3n) is 4.94. The number of benzene rings is 2. The van der Waals surface area contributed by atoms with E-state index in [0.29, 0.717) is 34.3 Å². The predicted octanol–water partition coefficient (Wildman–Crippen LogP) is 2.62. The number of rotatable bonds is 9. The average molecular weight is 437 g/mol. The smallest absolute Gasteiger partial charge is 0.257 e. The molecule has 0 radical (unpaired) electrons. The molecular formula is C24H27N3O5. The van der Waals surface area contributed by atoms with E-state index in [2.05, 4.69) is 10.3 Å². The average Bonchev–Trinajstić information content (AvgIpc) is 2.77. The Morgan fingerprint density at radius 2 is 1.84 bits per heavy atom. The number of carbonyl (C=O) groups excluding carboxylic acids is 1. The van der Waals surface area contributed by atoms with E-state index < -0.39 is 0 Å². The molecule has 0 fully saturated rings. The Hall–Kier alpha value is -3.65. The van der Waals surface area contributed by atoms with Crippen molar-refractivity contribution in [3.8, 4) is 11.5 Å². The molecule has 32 heavy (non-hydrogen) atoms. The highest BCUT2D eigenvalue weighted by molar-refractivity contribution is 5.90. The highest BCUT2D eigenvalue weighted by Crippen LogP contribution is 2.18. The maximum absolute atomic E-state index is 13.1. The molecular weight excluding hydrogens is 410 g/mol. The summed E-state index contributed by atoms with van der Waals surface area (Å²) in [6.45, 7) is 3.23. The van der Waals surface area contributed by atoms with Crippen LogP contribution in [0.5, 0.6) is 11.5 Å². The minimum Gasteiger partial charge on any atom is -0.497 e. The van der Waals surface area contributed by atoms with Gasteiger partial charge in [0.1, 0.15) is 30.5 Å². The molecule has 0 aliphatic rings. The highest BCUT2D eigenvalue weighted by atomic mass is 16.5. The number of methoxy groups -OCH3 is 1. The summed E-state index contributed by atoms with van der Waals surface area (Å²) in [5.74, 6) is 1.24.